The number of unbranched alkanes of at least 4 members (excludes halogenated alkanes) is 5. The largest absolute Gasteiger partial charge is 1.00 e. The van der Waals surface area contributed by atoms with E-state index in [9.17, 15) is 13.0 Å². The van der Waals surface area contributed by atoms with Crippen molar-refractivity contribution < 1.29 is 61.5 Å². The van der Waals surface area contributed by atoms with Crippen LogP contribution < -0.4 is 29.6 Å². The Morgan fingerprint density at radius 2 is 1.68 bits per heavy atom. The fourth-order valence-corrected chi connectivity index (χ4v) is 1.32. The molecule has 0 aliphatic rings. The van der Waals surface area contributed by atoms with Crippen molar-refractivity contribution in [2.75, 3.05) is 6.61 Å². The van der Waals surface area contributed by atoms with Gasteiger partial charge in [-0.3, -0.25) is 0 Å². The van der Waals surface area contributed by atoms with Gasteiger partial charge in [-0.2, -0.15) is 4.89 Å². The maximum Gasteiger partial charge on any atom is 1.00 e. The third kappa shape index (κ3) is 20.6. The molecule has 0 atom stereocenters. The molecule has 19 heavy (non-hydrogen) atoms. The third-order valence-electron chi connectivity index (χ3n) is 1.95. The van der Waals surface area contributed by atoms with Gasteiger partial charge < -0.3 is 13.6 Å². The summed E-state index contributed by atoms with van der Waals surface area (Å²) < 4.78 is 33.6. The van der Waals surface area contributed by atoms with Crippen molar-refractivity contribution in [1.29, 1.82) is 0 Å². The van der Waals surface area contributed by atoms with Crippen LogP contribution in [0.15, 0.2) is 12.5 Å². The van der Waals surface area contributed by atoms with Crippen LogP contribution in [-0.2, 0) is 29.4 Å². The zero-order valence-electron chi connectivity index (χ0n) is 11.4. The van der Waals surface area contributed by atoms with Gasteiger partial charge in [0.2, 0.25) is 0 Å². The molecule has 0 saturated heterocycles. The minimum absolute atomic E-state index is 0. The molecule has 108 valence electrons. The first-order valence-corrected chi connectivity index (χ1v) is 7.13. The molecule has 0 aliphatic carbocycles. The zero-order valence-corrected chi connectivity index (χ0v) is 14.2. The molecule has 0 rings (SSSR count). The zero-order chi connectivity index (χ0) is 13.7. The third-order valence-corrected chi connectivity index (χ3v) is 2.30. The first-order chi connectivity index (χ1) is 8.56. The van der Waals surface area contributed by atoms with E-state index in [0.717, 1.165) is 25.5 Å². The molecule has 0 saturated carbocycles. The van der Waals surface area contributed by atoms with Gasteiger partial charge in [-0.1, -0.05) is 39.0 Å². The SMILES string of the molecule is CCCCCCCCOOOC=COS(=O)(=O)[O-].[Na+]. The summed E-state index contributed by atoms with van der Waals surface area (Å²) in [6.07, 6.45) is 8.01. The number of hydrogen-bond donors (Lipinski definition) is 0. The van der Waals surface area contributed by atoms with Crippen molar-refractivity contribution >= 4 is 10.4 Å². The van der Waals surface area contributed by atoms with Crippen LogP contribution >= 0.6 is 0 Å². The molecule has 0 bridgehead atoms. The summed E-state index contributed by atoms with van der Waals surface area (Å²) >= 11 is 0. The first kappa shape index (κ1) is 21.5. The Labute approximate surface area is 136 Å². The molecule has 0 N–H and O–H groups in total. The minimum atomic E-state index is -4.75. The van der Waals surface area contributed by atoms with Crippen molar-refractivity contribution in [3.8, 4) is 0 Å². The van der Waals surface area contributed by atoms with Gasteiger partial charge in [0, 0.05) is 0 Å². The molecule has 0 amide bonds. The molecule has 0 radical (unpaired) electrons. The topological polar surface area (TPSA) is 94.1 Å². The van der Waals surface area contributed by atoms with Crippen LogP contribution in [0.5, 0.6) is 0 Å². The summed E-state index contributed by atoms with van der Waals surface area (Å²) in [6, 6.07) is 0. The molecular weight excluding hydrogens is 287 g/mol. The Bertz CT molecular complexity index is 305. The predicted molar refractivity (Wildman–Crippen MR) is 61.4 cm³/mol. The van der Waals surface area contributed by atoms with E-state index >= 15 is 0 Å². The summed E-state index contributed by atoms with van der Waals surface area (Å²) in [5, 5.41) is 4.21. The van der Waals surface area contributed by atoms with E-state index in [1.165, 1.54) is 19.3 Å². The maximum atomic E-state index is 9.96. The van der Waals surface area contributed by atoms with Gasteiger partial charge in [-0.05, 0) is 11.5 Å². The predicted octanol–water partition coefficient (Wildman–Crippen LogP) is -0.821. The molecule has 0 unspecified atom stereocenters. The number of rotatable bonds is 12. The summed E-state index contributed by atoms with van der Waals surface area (Å²) in [6.45, 7) is 2.53. The van der Waals surface area contributed by atoms with E-state index < -0.39 is 10.4 Å². The second kappa shape index (κ2) is 14.6. The molecule has 0 heterocycles. The summed E-state index contributed by atoms with van der Waals surface area (Å²) in [7, 11) is -4.75. The molecule has 9 heteroatoms. The van der Waals surface area contributed by atoms with Crippen LogP contribution in [0.25, 0.3) is 0 Å². The van der Waals surface area contributed by atoms with Crippen LogP contribution in [0.2, 0.25) is 0 Å². The smallest absolute Gasteiger partial charge is 0.716 e. The Morgan fingerprint density at radius 1 is 1.05 bits per heavy atom. The van der Waals surface area contributed by atoms with E-state index in [1.54, 1.807) is 0 Å². The van der Waals surface area contributed by atoms with Crippen molar-refractivity contribution in [3.63, 3.8) is 0 Å². The number of hydrogen-bond acceptors (Lipinski definition) is 7. The Balaban J connectivity index is 0. The standard InChI is InChI=1S/C10H20O7S.Na/c1-2-3-4-5-6-7-8-14-17-15-9-10-16-18(11,12)13;/h9-10H,2-8H2,1H3,(H,11,12,13);/q;+1/p-1. The van der Waals surface area contributed by atoms with Gasteiger partial charge in [-0.25, -0.2) is 8.42 Å². The van der Waals surface area contributed by atoms with E-state index in [1.807, 2.05) is 0 Å². The van der Waals surface area contributed by atoms with Crippen LogP contribution in [0, 0.1) is 0 Å². The van der Waals surface area contributed by atoms with Crippen LogP contribution in [0.3, 0.4) is 0 Å². The normalized spacial score (nSPS) is 11.3. The average Bonchev–Trinajstić information content (AvgIpc) is 2.29. The second-order valence-corrected chi connectivity index (χ2v) is 4.54. The van der Waals surface area contributed by atoms with Crippen LogP contribution in [0.1, 0.15) is 45.4 Å². The van der Waals surface area contributed by atoms with E-state index in [4.69, 9.17) is 0 Å². The molecule has 0 spiro atoms. The molecule has 0 aromatic carbocycles. The van der Waals surface area contributed by atoms with Crippen molar-refractivity contribution in [3.05, 3.63) is 12.5 Å². The van der Waals surface area contributed by atoms with E-state index in [-0.39, 0.29) is 29.6 Å². The van der Waals surface area contributed by atoms with Crippen molar-refractivity contribution in [1.82, 2.24) is 0 Å². The maximum absolute atomic E-state index is 9.96. The fourth-order valence-electron chi connectivity index (χ4n) is 1.14. The quantitative estimate of drug-likeness (QED) is 0.0884. The van der Waals surface area contributed by atoms with Crippen LogP contribution in [0.4, 0.5) is 0 Å². The summed E-state index contributed by atoms with van der Waals surface area (Å²) in [5.41, 5.74) is 0. The molecule has 0 aromatic rings. The fraction of sp³-hybridized carbons (Fsp3) is 0.800. The molecule has 0 aliphatic heterocycles. The van der Waals surface area contributed by atoms with Gasteiger partial charge in [0.1, 0.15) is 6.26 Å². The van der Waals surface area contributed by atoms with E-state index in [2.05, 4.69) is 25.9 Å². The molecule has 0 fully saturated rings. The van der Waals surface area contributed by atoms with Gasteiger partial charge in [0.25, 0.3) is 10.4 Å². The minimum Gasteiger partial charge on any atom is -0.716 e. The Morgan fingerprint density at radius 3 is 2.32 bits per heavy atom. The second-order valence-electron chi connectivity index (χ2n) is 3.53. The molecule has 0 aromatic heterocycles. The monoisotopic (exact) mass is 306 g/mol. The average molecular weight is 306 g/mol. The summed E-state index contributed by atoms with van der Waals surface area (Å²) in [5.74, 6) is 0. The van der Waals surface area contributed by atoms with Crippen molar-refractivity contribution in [2.24, 2.45) is 0 Å². The van der Waals surface area contributed by atoms with Crippen LogP contribution in [-0.4, -0.2) is 19.6 Å². The molecular formula is C10H19NaO7S. The van der Waals surface area contributed by atoms with Gasteiger partial charge >= 0.3 is 29.6 Å². The van der Waals surface area contributed by atoms with Gasteiger partial charge in [-0.15, -0.1) is 0 Å². The van der Waals surface area contributed by atoms with E-state index in [0.29, 0.717) is 12.9 Å². The summed E-state index contributed by atoms with van der Waals surface area (Å²) in [4.78, 5) is 8.86. The first-order valence-electron chi connectivity index (χ1n) is 5.80. The van der Waals surface area contributed by atoms with Crippen molar-refractivity contribution in [2.45, 2.75) is 45.4 Å². The Hall–Kier alpha value is 0.170. The van der Waals surface area contributed by atoms with Gasteiger partial charge in [0.15, 0.2) is 6.26 Å². The Kier molecular flexibility index (Phi) is 16.5. The van der Waals surface area contributed by atoms with Gasteiger partial charge in [0.05, 0.1) is 6.61 Å². The molecule has 7 nitrogen and oxygen atoms in total.